The van der Waals surface area contributed by atoms with Crippen LogP contribution in [-0.2, 0) is 0 Å². The van der Waals surface area contributed by atoms with Crippen molar-refractivity contribution in [3.8, 4) is 0 Å². The predicted molar refractivity (Wildman–Crippen MR) is 60.3 cm³/mol. The van der Waals surface area contributed by atoms with E-state index < -0.39 is 0 Å². The Labute approximate surface area is 88.1 Å². The fourth-order valence-electron chi connectivity index (χ4n) is 2.39. The average Bonchev–Trinajstić information content (AvgIpc) is 2.17. The topological polar surface area (TPSA) is 32.3 Å². The van der Waals surface area contributed by atoms with Crippen molar-refractivity contribution in [2.24, 2.45) is 5.92 Å². The number of nitrogens with one attached hydrogen (secondary N) is 1. The molecule has 0 radical (unpaired) electrons. The third-order valence-electron chi connectivity index (χ3n) is 3.35. The van der Waals surface area contributed by atoms with Gasteiger partial charge in [0.05, 0.1) is 6.61 Å². The van der Waals surface area contributed by atoms with Crippen molar-refractivity contribution in [3.05, 3.63) is 0 Å². The number of aliphatic hydroxyl groups is 1. The Morgan fingerprint density at radius 2 is 2.07 bits per heavy atom. The lowest BCUT2D eigenvalue weighted by Gasteiger charge is -2.35. The van der Waals surface area contributed by atoms with Crippen molar-refractivity contribution in [1.82, 2.24) is 5.32 Å². The number of hydrogen-bond donors (Lipinski definition) is 2. The minimum absolute atomic E-state index is 0.111. The summed E-state index contributed by atoms with van der Waals surface area (Å²) < 4.78 is 0. The van der Waals surface area contributed by atoms with Gasteiger partial charge in [0.1, 0.15) is 0 Å². The predicted octanol–water partition coefficient (Wildman–Crippen LogP) is 2.32. The minimum Gasteiger partial charge on any atom is -0.394 e. The second-order valence-corrected chi connectivity index (χ2v) is 5.32. The second kappa shape index (κ2) is 5.13. The second-order valence-electron chi connectivity index (χ2n) is 5.32. The van der Waals surface area contributed by atoms with Gasteiger partial charge in [-0.05, 0) is 32.6 Å². The van der Waals surface area contributed by atoms with E-state index in [9.17, 15) is 5.11 Å². The van der Waals surface area contributed by atoms with Crippen molar-refractivity contribution in [2.75, 3.05) is 6.61 Å². The van der Waals surface area contributed by atoms with E-state index in [1.807, 2.05) is 0 Å². The fraction of sp³-hybridized carbons (Fsp3) is 1.00. The molecule has 0 saturated heterocycles. The van der Waals surface area contributed by atoms with Crippen LogP contribution in [0.25, 0.3) is 0 Å². The molecule has 1 rings (SSSR count). The third-order valence-corrected chi connectivity index (χ3v) is 3.35. The molecule has 0 aromatic heterocycles. The van der Waals surface area contributed by atoms with Crippen LogP contribution in [-0.4, -0.2) is 23.3 Å². The zero-order valence-corrected chi connectivity index (χ0v) is 9.84. The highest BCUT2D eigenvalue weighted by Gasteiger charge is 2.25. The molecule has 84 valence electrons. The third kappa shape index (κ3) is 3.58. The Kier molecular flexibility index (Phi) is 4.39. The molecule has 0 heterocycles. The highest BCUT2D eigenvalue weighted by Crippen LogP contribution is 2.27. The van der Waals surface area contributed by atoms with E-state index >= 15 is 0 Å². The summed E-state index contributed by atoms with van der Waals surface area (Å²) in [5.74, 6) is 0.899. The SMILES string of the molecule is CCC1CCCC(NC(C)(C)CO)C1. The van der Waals surface area contributed by atoms with E-state index in [1.54, 1.807) is 0 Å². The molecule has 1 saturated carbocycles. The first-order valence-corrected chi connectivity index (χ1v) is 5.96. The van der Waals surface area contributed by atoms with E-state index in [-0.39, 0.29) is 12.1 Å². The van der Waals surface area contributed by atoms with Crippen molar-refractivity contribution < 1.29 is 5.11 Å². The molecule has 2 N–H and O–H groups in total. The van der Waals surface area contributed by atoms with Gasteiger partial charge in [-0.15, -0.1) is 0 Å². The van der Waals surface area contributed by atoms with Gasteiger partial charge < -0.3 is 10.4 Å². The Morgan fingerprint density at radius 1 is 1.36 bits per heavy atom. The number of aliphatic hydroxyl groups excluding tert-OH is 1. The first-order valence-electron chi connectivity index (χ1n) is 5.96. The lowest BCUT2D eigenvalue weighted by atomic mass is 9.83. The van der Waals surface area contributed by atoms with Crippen molar-refractivity contribution in [3.63, 3.8) is 0 Å². The molecule has 0 spiro atoms. The number of hydrogen-bond acceptors (Lipinski definition) is 2. The van der Waals surface area contributed by atoms with Gasteiger partial charge in [0, 0.05) is 11.6 Å². The summed E-state index contributed by atoms with van der Waals surface area (Å²) in [5, 5.41) is 12.7. The van der Waals surface area contributed by atoms with E-state index in [0.717, 1.165) is 5.92 Å². The molecular weight excluding hydrogens is 174 g/mol. The smallest absolute Gasteiger partial charge is 0.0607 e. The van der Waals surface area contributed by atoms with E-state index in [4.69, 9.17) is 0 Å². The van der Waals surface area contributed by atoms with Crippen LogP contribution in [0, 0.1) is 5.92 Å². The van der Waals surface area contributed by atoms with Crippen molar-refractivity contribution in [2.45, 2.75) is 64.5 Å². The quantitative estimate of drug-likeness (QED) is 0.728. The molecule has 2 atom stereocenters. The molecule has 0 amide bonds. The first-order chi connectivity index (χ1) is 6.57. The van der Waals surface area contributed by atoms with Gasteiger partial charge >= 0.3 is 0 Å². The molecule has 2 nitrogen and oxygen atoms in total. The summed E-state index contributed by atoms with van der Waals surface area (Å²) in [6.45, 7) is 6.65. The number of rotatable bonds is 4. The Bertz CT molecular complexity index is 168. The van der Waals surface area contributed by atoms with Crippen molar-refractivity contribution in [1.29, 1.82) is 0 Å². The van der Waals surface area contributed by atoms with Gasteiger partial charge in [-0.3, -0.25) is 0 Å². The molecule has 0 aliphatic heterocycles. The fourth-order valence-corrected chi connectivity index (χ4v) is 2.39. The van der Waals surface area contributed by atoms with Crippen LogP contribution in [0.3, 0.4) is 0 Å². The molecule has 1 aliphatic rings. The maximum atomic E-state index is 9.19. The maximum Gasteiger partial charge on any atom is 0.0607 e. The maximum absolute atomic E-state index is 9.19. The Morgan fingerprint density at radius 3 is 2.64 bits per heavy atom. The van der Waals surface area contributed by atoms with Crippen LogP contribution in [0.1, 0.15) is 52.9 Å². The molecule has 14 heavy (non-hydrogen) atoms. The average molecular weight is 199 g/mol. The highest BCUT2D eigenvalue weighted by molar-refractivity contribution is 4.85. The van der Waals surface area contributed by atoms with Crippen molar-refractivity contribution >= 4 is 0 Å². The van der Waals surface area contributed by atoms with Gasteiger partial charge in [-0.1, -0.05) is 26.2 Å². The van der Waals surface area contributed by atoms with E-state index in [1.165, 1.54) is 32.1 Å². The molecule has 1 fully saturated rings. The lowest BCUT2D eigenvalue weighted by molar-refractivity contribution is 0.153. The molecule has 2 heteroatoms. The van der Waals surface area contributed by atoms with E-state index in [2.05, 4.69) is 26.1 Å². The van der Waals surface area contributed by atoms with Crippen LogP contribution < -0.4 is 5.32 Å². The van der Waals surface area contributed by atoms with Crippen LogP contribution in [0.4, 0.5) is 0 Å². The Hall–Kier alpha value is -0.0800. The lowest BCUT2D eigenvalue weighted by Crippen LogP contribution is -2.49. The highest BCUT2D eigenvalue weighted by atomic mass is 16.3. The first kappa shape index (κ1) is 12.0. The molecule has 0 aromatic rings. The van der Waals surface area contributed by atoms with Gasteiger partial charge in [0.25, 0.3) is 0 Å². The van der Waals surface area contributed by atoms with Gasteiger partial charge in [0.2, 0.25) is 0 Å². The molecular formula is C12H25NO. The van der Waals surface area contributed by atoms with Gasteiger partial charge in [-0.25, -0.2) is 0 Å². The largest absolute Gasteiger partial charge is 0.394 e. The van der Waals surface area contributed by atoms with Crippen LogP contribution in [0.15, 0.2) is 0 Å². The summed E-state index contributed by atoms with van der Waals surface area (Å²) in [6, 6.07) is 0.621. The van der Waals surface area contributed by atoms with Gasteiger partial charge in [-0.2, -0.15) is 0 Å². The normalized spacial score (nSPS) is 29.1. The van der Waals surface area contributed by atoms with E-state index in [0.29, 0.717) is 6.04 Å². The minimum atomic E-state index is -0.111. The molecule has 1 aliphatic carbocycles. The van der Waals surface area contributed by atoms with Gasteiger partial charge in [0.15, 0.2) is 0 Å². The molecule has 0 aromatic carbocycles. The summed E-state index contributed by atoms with van der Waals surface area (Å²) in [5.41, 5.74) is -0.111. The summed E-state index contributed by atoms with van der Waals surface area (Å²) >= 11 is 0. The summed E-state index contributed by atoms with van der Waals surface area (Å²) in [6.07, 6.45) is 6.61. The molecule has 0 bridgehead atoms. The summed E-state index contributed by atoms with van der Waals surface area (Å²) in [4.78, 5) is 0. The monoisotopic (exact) mass is 199 g/mol. The zero-order chi connectivity index (χ0) is 10.6. The van der Waals surface area contributed by atoms with Crippen LogP contribution in [0.2, 0.25) is 0 Å². The molecule has 2 unspecified atom stereocenters. The van der Waals surface area contributed by atoms with Crippen LogP contribution in [0.5, 0.6) is 0 Å². The van der Waals surface area contributed by atoms with Crippen LogP contribution >= 0.6 is 0 Å². The zero-order valence-electron chi connectivity index (χ0n) is 9.84. The summed E-state index contributed by atoms with van der Waals surface area (Å²) in [7, 11) is 0. The standard InChI is InChI=1S/C12H25NO/c1-4-10-6-5-7-11(8-10)13-12(2,3)9-14/h10-11,13-14H,4-9H2,1-3H3. The Balaban J connectivity index is 2.37.